The van der Waals surface area contributed by atoms with Gasteiger partial charge in [-0.2, -0.15) is 0 Å². The fourth-order valence-electron chi connectivity index (χ4n) is 8.52. The Morgan fingerprint density at radius 3 is 1.47 bits per heavy atom. The van der Waals surface area contributed by atoms with E-state index in [0.29, 0.717) is 12.8 Å². The molecule has 3 aliphatic heterocycles. The molecule has 3 fully saturated rings. The lowest BCUT2D eigenvalue weighted by Crippen LogP contribution is -2.66. The number of carbonyl (C=O) groups excluding carboxylic acids is 1. The number of carbonyl (C=O) groups is 1. The van der Waals surface area contributed by atoms with Crippen LogP contribution in [0.2, 0.25) is 0 Å². The minimum atomic E-state index is -1.98. The summed E-state index contributed by atoms with van der Waals surface area (Å²) in [7, 11) is 0. The van der Waals surface area contributed by atoms with Crippen LogP contribution in [0.1, 0.15) is 136 Å². The molecule has 396 valence electrons. The van der Waals surface area contributed by atoms with Gasteiger partial charge in [0.2, 0.25) is 5.91 Å². The summed E-state index contributed by atoms with van der Waals surface area (Å²) in [5, 5.41) is 119. The lowest BCUT2D eigenvalue weighted by molar-refractivity contribution is -0.379. The zero-order chi connectivity index (χ0) is 49.8. The summed E-state index contributed by atoms with van der Waals surface area (Å²) in [6.45, 7) is 1.41. The molecular formula is C49H87NO18. The van der Waals surface area contributed by atoms with Crippen LogP contribution >= 0.6 is 0 Å². The molecule has 0 spiro atoms. The Bertz CT molecular complexity index is 1400. The molecular weight excluding hydrogens is 891 g/mol. The third-order valence-corrected chi connectivity index (χ3v) is 12.8. The van der Waals surface area contributed by atoms with Crippen molar-refractivity contribution in [3.05, 3.63) is 36.5 Å². The van der Waals surface area contributed by atoms with Crippen LogP contribution in [0.4, 0.5) is 0 Å². The fraction of sp³-hybridized carbons (Fsp3) is 0.857. The molecule has 0 saturated carbocycles. The molecule has 0 bridgehead atoms. The first kappa shape index (κ1) is 60.3. The summed E-state index contributed by atoms with van der Waals surface area (Å²) in [5.74, 6) is -0.295. The van der Waals surface area contributed by atoms with Crippen LogP contribution in [-0.4, -0.2) is 193 Å². The highest BCUT2D eigenvalue weighted by Gasteiger charge is 2.53. The van der Waals surface area contributed by atoms with Gasteiger partial charge in [-0.3, -0.25) is 4.79 Å². The maximum Gasteiger partial charge on any atom is 0.220 e. The second kappa shape index (κ2) is 34.4. The van der Waals surface area contributed by atoms with Crippen LogP contribution in [0.5, 0.6) is 0 Å². The molecule has 1 amide bonds. The van der Waals surface area contributed by atoms with Crippen molar-refractivity contribution < 1.29 is 89.4 Å². The summed E-state index contributed by atoms with van der Waals surface area (Å²) in [6, 6.07) is -0.989. The minimum Gasteiger partial charge on any atom is -0.394 e. The van der Waals surface area contributed by atoms with E-state index in [0.717, 1.165) is 38.5 Å². The number of aliphatic hydroxyl groups is 11. The average Bonchev–Trinajstić information content (AvgIpc) is 3.33. The van der Waals surface area contributed by atoms with Gasteiger partial charge in [0.1, 0.15) is 73.2 Å². The van der Waals surface area contributed by atoms with Gasteiger partial charge in [-0.25, -0.2) is 0 Å². The van der Waals surface area contributed by atoms with Crippen molar-refractivity contribution in [2.75, 3.05) is 26.4 Å². The zero-order valence-corrected chi connectivity index (χ0v) is 40.3. The smallest absolute Gasteiger partial charge is 0.220 e. The van der Waals surface area contributed by atoms with E-state index in [4.69, 9.17) is 28.4 Å². The maximum absolute atomic E-state index is 13.2. The van der Waals surface area contributed by atoms with Gasteiger partial charge in [0.15, 0.2) is 18.9 Å². The number of ether oxygens (including phenoxy) is 6. The van der Waals surface area contributed by atoms with Crippen molar-refractivity contribution in [3.8, 4) is 0 Å². The molecule has 17 unspecified atom stereocenters. The summed E-state index contributed by atoms with van der Waals surface area (Å²) >= 11 is 0. The van der Waals surface area contributed by atoms with E-state index in [2.05, 4.69) is 30.5 Å². The van der Waals surface area contributed by atoms with Crippen LogP contribution in [0.25, 0.3) is 0 Å². The topological polar surface area (TPSA) is 307 Å². The van der Waals surface area contributed by atoms with Gasteiger partial charge in [0, 0.05) is 6.42 Å². The van der Waals surface area contributed by atoms with Crippen LogP contribution in [-0.2, 0) is 33.2 Å². The summed E-state index contributed by atoms with van der Waals surface area (Å²) in [6.07, 6.45) is 4.74. The van der Waals surface area contributed by atoms with Crippen molar-refractivity contribution in [3.63, 3.8) is 0 Å². The number of amides is 1. The Labute approximate surface area is 402 Å². The number of hydrogen-bond donors (Lipinski definition) is 12. The van der Waals surface area contributed by atoms with Crippen molar-refractivity contribution in [2.45, 2.75) is 240 Å². The molecule has 68 heavy (non-hydrogen) atoms. The first-order chi connectivity index (χ1) is 32.8. The van der Waals surface area contributed by atoms with E-state index >= 15 is 0 Å². The Morgan fingerprint density at radius 2 is 0.971 bits per heavy atom. The van der Waals surface area contributed by atoms with Crippen LogP contribution in [0, 0.1) is 0 Å². The molecule has 3 aliphatic rings. The molecule has 0 aromatic heterocycles. The quantitative estimate of drug-likeness (QED) is 0.0321. The van der Waals surface area contributed by atoms with E-state index in [1.807, 2.05) is 13.0 Å². The number of rotatable bonds is 34. The predicted molar refractivity (Wildman–Crippen MR) is 249 cm³/mol. The van der Waals surface area contributed by atoms with Crippen molar-refractivity contribution in [2.24, 2.45) is 0 Å². The molecule has 0 radical (unpaired) electrons. The summed E-state index contributed by atoms with van der Waals surface area (Å²) in [5.41, 5.74) is 0. The van der Waals surface area contributed by atoms with Crippen LogP contribution < -0.4 is 5.32 Å². The number of aliphatic hydroxyl groups excluding tert-OH is 11. The standard InChI is InChI=1S/C49H87NO18/c1-3-5-7-9-11-13-14-15-16-17-19-21-23-25-27-37(55)50-32(33(54)26-24-22-20-18-12-10-8-6-4-2)31-63-47-43(61)40(58)45(35(29-52)65-47)68-49-44(62)41(59)46(36(30-53)66-49)67-48-42(60)39(57)38(56)34(28-51)64-48/h4,6,12,18,24,26,32-36,38-49,51-54,56-62H,3,5,7-11,13-17,19-23,25,27-31H2,1-2H3,(H,50,55)/b6-4+,18-12+,26-24+. The first-order valence-electron chi connectivity index (χ1n) is 25.2. The Hall–Kier alpha value is -1.99. The number of allylic oxidation sites excluding steroid dienone is 5. The average molecular weight is 978 g/mol. The second-order valence-electron chi connectivity index (χ2n) is 18.3. The van der Waals surface area contributed by atoms with Gasteiger partial charge in [-0.05, 0) is 39.0 Å². The molecule has 17 atom stereocenters. The Morgan fingerprint density at radius 1 is 0.544 bits per heavy atom. The van der Waals surface area contributed by atoms with Crippen LogP contribution in [0.3, 0.4) is 0 Å². The maximum atomic E-state index is 13.2. The Balaban J connectivity index is 1.56. The zero-order valence-electron chi connectivity index (χ0n) is 40.3. The molecule has 19 heteroatoms. The molecule has 0 aromatic rings. The number of unbranched alkanes of at least 4 members (excludes halogenated alkanes) is 15. The SMILES string of the molecule is C/C=C/CC/C=C/CC/C=C/C(O)C(COC1OC(CO)C(OC2OC(CO)C(OC3OC(CO)C(O)C(O)C3O)C(O)C2O)C(O)C1O)NC(=O)CCCCCCCCCCCCCCCC. The molecule has 0 aromatic carbocycles. The third kappa shape index (κ3) is 20.3. The van der Waals surface area contributed by atoms with E-state index in [1.54, 1.807) is 12.2 Å². The molecule has 3 rings (SSSR count). The third-order valence-electron chi connectivity index (χ3n) is 12.8. The number of hydrogen-bond acceptors (Lipinski definition) is 18. The monoisotopic (exact) mass is 978 g/mol. The van der Waals surface area contributed by atoms with Crippen LogP contribution in [0.15, 0.2) is 36.5 Å². The van der Waals surface area contributed by atoms with Gasteiger partial charge >= 0.3 is 0 Å². The lowest BCUT2D eigenvalue weighted by Gasteiger charge is -2.48. The van der Waals surface area contributed by atoms with E-state index in [-0.39, 0.29) is 18.9 Å². The molecule has 0 aliphatic carbocycles. The highest BCUT2D eigenvalue weighted by atomic mass is 16.8. The summed E-state index contributed by atoms with van der Waals surface area (Å²) < 4.78 is 34.0. The molecule has 12 N–H and O–H groups in total. The first-order valence-corrected chi connectivity index (χ1v) is 25.2. The number of nitrogens with one attached hydrogen (secondary N) is 1. The van der Waals surface area contributed by atoms with Gasteiger partial charge in [-0.1, -0.05) is 127 Å². The normalized spacial score (nSPS) is 33.5. The summed E-state index contributed by atoms with van der Waals surface area (Å²) in [4.78, 5) is 13.2. The molecule has 3 heterocycles. The van der Waals surface area contributed by atoms with Gasteiger partial charge < -0.3 is 89.9 Å². The highest BCUT2D eigenvalue weighted by Crippen LogP contribution is 2.33. The largest absolute Gasteiger partial charge is 0.394 e. The fourth-order valence-corrected chi connectivity index (χ4v) is 8.52. The van der Waals surface area contributed by atoms with E-state index in [9.17, 15) is 61.0 Å². The second-order valence-corrected chi connectivity index (χ2v) is 18.3. The van der Waals surface area contributed by atoms with Gasteiger partial charge in [-0.15, -0.1) is 0 Å². The van der Waals surface area contributed by atoms with Crippen molar-refractivity contribution in [1.82, 2.24) is 5.32 Å². The predicted octanol–water partition coefficient (Wildman–Crippen LogP) is 1.42. The van der Waals surface area contributed by atoms with Gasteiger partial charge in [0.05, 0.1) is 38.6 Å². The highest BCUT2D eigenvalue weighted by molar-refractivity contribution is 5.76. The Kier molecular flexibility index (Phi) is 30.5. The molecule has 3 saturated heterocycles. The van der Waals surface area contributed by atoms with Crippen molar-refractivity contribution >= 4 is 5.91 Å². The van der Waals surface area contributed by atoms with Crippen molar-refractivity contribution in [1.29, 1.82) is 0 Å². The molecule has 19 nitrogen and oxygen atoms in total. The van der Waals surface area contributed by atoms with Gasteiger partial charge in [0.25, 0.3) is 0 Å². The minimum absolute atomic E-state index is 0.234. The van der Waals surface area contributed by atoms with E-state index < -0.39 is 124 Å². The van der Waals surface area contributed by atoms with E-state index in [1.165, 1.54) is 64.2 Å². The lowest BCUT2D eigenvalue weighted by atomic mass is 9.96.